The van der Waals surface area contributed by atoms with Gasteiger partial charge in [-0.25, -0.2) is 0 Å². The fourth-order valence-electron chi connectivity index (χ4n) is 2.32. The van der Waals surface area contributed by atoms with Crippen molar-refractivity contribution in [3.05, 3.63) is 0 Å². The molecule has 2 fully saturated rings. The topological polar surface area (TPSA) is 9.23 Å². The molecule has 2 aliphatic rings. The molecule has 0 aliphatic heterocycles. The second kappa shape index (κ2) is 5.11. The lowest BCUT2D eigenvalue weighted by molar-refractivity contribution is 0.163. The molecular weight excluding hydrogens is 192 g/mol. The van der Waals surface area contributed by atoms with E-state index in [1.807, 2.05) is 0 Å². The summed E-state index contributed by atoms with van der Waals surface area (Å²) in [6.07, 6.45) is 10.7. The van der Waals surface area contributed by atoms with Crippen LogP contribution in [-0.4, -0.2) is 11.7 Å². The van der Waals surface area contributed by atoms with Gasteiger partial charge in [0.15, 0.2) is 5.05 Å². The predicted octanol–water partition coefficient (Wildman–Crippen LogP) is 3.71. The van der Waals surface area contributed by atoms with E-state index in [1.54, 1.807) is 0 Å². The fraction of sp³-hybridized carbons (Fsp3) is 0.917. The van der Waals surface area contributed by atoms with Crippen LogP contribution in [0.1, 0.15) is 51.4 Å². The highest BCUT2D eigenvalue weighted by atomic mass is 32.1. The summed E-state index contributed by atoms with van der Waals surface area (Å²) in [7, 11) is 0. The normalized spacial score (nSPS) is 24.3. The molecule has 1 nitrogen and oxygen atoms in total. The van der Waals surface area contributed by atoms with Crippen molar-refractivity contribution in [3.63, 3.8) is 0 Å². The Kier molecular flexibility index (Phi) is 3.80. The van der Waals surface area contributed by atoms with Gasteiger partial charge >= 0.3 is 0 Å². The van der Waals surface area contributed by atoms with Crippen molar-refractivity contribution >= 4 is 17.3 Å². The third-order valence-electron chi connectivity index (χ3n) is 3.62. The average Bonchev–Trinajstić information content (AvgIpc) is 2.16. The molecule has 14 heavy (non-hydrogen) atoms. The molecule has 0 spiro atoms. The van der Waals surface area contributed by atoms with Gasteiger partial charge in [0.05, 0.1) is 6.61 Å². The maximum absolute atomic E-state index is 5.72. The Morgan fingerprint density at radius 3 is 2.29 bits per heavy atom. The fourth-order valence-corrected chi connectivity index (χ4v) is 2.62. The zero-order valence-electron chi connectivity index (χ0n) is 8.84. The molecule has 0 atom stereocenters. The van der Waals surface area contributed by atoms with Gasteiger partial charge in [-0.1, -0.05) is 25.7 Å². The molecule has 0 bridgehead atoms. The Morgan fingerprint density at radius 2 is 1.71 bits per heavy atom. The van der Waals surface area contributed by atoms with Gasteiger partial charge in [-0.15, -0.1) is 0 Å². The van der Waals surface area contributed by atoms with Crippen LogP contribution in [0.25, 0.3) is 0 Å². The second-order valence-electron chi connectivity index (χ2n) is 4.76. The molecule has 0 N–H and O–H groups in total. The Labute approximate surface area is 92.2 Å². The van der Waals surface area contributed by atoms with Gasteiger partial charge in [-0.3, -0.25) is 0 Å². The van der Waals surface area contributed by atoms with E-state index in [1.165, 1.54) is 51.4 Å². The molecule has 0 heterocycles. The monoisotopic (exact) mass is 212 g/mol. The van der Waals surface area contributed by atoms with Gasteiger partial charge in [0.1, 0.15) is 0 Å². The minimum atomic E-state index is 0.596. The standard InChI is InChI=1S/C12H20OS/c14-12(11-7-2-1-3-8-11)13-9-10-5-4-6-10/h10-11H,1-9H2. The summed E-state index contributed by atoms with van der Waals surface area (Å²) < 4.78 is 5.72. The number of hydrogen-bond donors (Lipinski definition) is 0. The SMILES string of the molecule is S=C(OCC1CCC1)C1CCCCC1. The highest BCUT2D eigenvalue weighted by molar-refractivity contribution is 7.80. The minimum Gasteiger partial charge on any atom is -0.486 e. The summed E-state index contributed by atoms with van der Waals surface area (Å²) in [6, 6.07) is 0. The summed E-state index contributed by atoms with van der Waals surface area (Å²) in [5, 5.41) is 0.914. The number of hydrogen-bond acceptors (Lipinski definition) is 2. The van der Waals surface area contributed by atoms with Gasteiger partial charge in [0.25, 0.3) is 0 Å². The molecule has 2 heteroatoms. The lowest BCUT2D eigenvalue weighted by atomic mass is 9.86. The van der Waals surface area contributed by atoms with E-state index in [4.69, 9.17) is 17.0 Å². The van der Waals surface area contributed by atoms with E-state index < -0.39 is 0 Å². The zero-order valence-corrected chi connectivity index (χ0v) is 9.65. The van der Waals surface area contributed by atoms with Crippen LogP contribution in [0, 0.1) is 11.8 Å². The van der Waals surface area contributed by atoms with Crippen LogP contribution in [0.5, 0.6) is 0 Å². The van der Waals surface area contributed by atoms with Crippen LogP contribution in [0.3, 0.4) is 0 Å². The summed E-state index contributed by atoms with van der Waals surface area (Å²) in [5.41, 5.74) is 0. The first-order valence-corrected chi connectivity index (χ1v) is 6.44. The van der Waals surface area contributed by atoms with Gasteiger partial charge in [0, 0.05) is 5.92 Å². The molecular formula is C12H20OS. The third-order valence-corrected chi connectivity index (χ3v) is 4.08. The van der Waals surface area contributed by atoms with Crippen LogP contribution >= 0.6 is 12.2 Å². The maximum Gasteiger partial charge on any atom is 0.162 e. The smallest absolute Gasteiger partial charge is 0.162 e. The number of ether oxygens (including phenoxy) is 1. The molecule has 2 saturated carbocycles. The zero-order chi connectivity index (χ0) is 9.80. The molecule has 80 valence electrons. The molecule has 0 radical (unpaired) electrons. The van der Waals surface area contributed by atoms with Crippen LogP contribution in [-0.2, 0) is 4.74 Å². The van der Waals surface area contributed by atoms with Gasteiger partial charge in [0.2, 0.25) is 0 Å². The van der Waals surface area contributed by atoms with Crippen molar-refractivity contribution in [1.29, 1.82) is 0 Å². The third kappa shape index (κ3) is 2.69. The van der Waals surface area contributed by atoms with Crippen molar-refractivity contribution in [2.45, 2.75) is 51.4 Å². The van der Waals surface area contributed by atoms with Crippen LogP contribution in [0.4, 0.5) is 0 Å². The largest absolute Gasteiger partial charge is 0.486 e. The molecule has 0 aromatic heterocycles. The Morgan fingerprint density at radius 1 is 1.00 bits per heavy atom. The van der Waals surface area contributed by atoms with E-state index >= 15 is 0 Å². The Bertz CT molecular complexity index is 192. The predicted molar refractivity (Wildman–Crippen MR) is 62.5 cm³/mol. The first-order valence-electron chi connectivity index (χ1n) is 6.03. The lowest BCUT2D eigenvalue weighted by Gasteiger charge is -2.28. The summed E-state index contributed by atoms with van der Waals surface area (Å²) in [4.78, 5) is 0. The quantitative estimate of drug-likeness (QED) is 0.660. The van der Waals surface area contributed by atoms with Gasteiger partial charge in [-0.05, 0) is 43.8 Å². The second-order valence-corrected chi connectivity index (χ2v) is 5.16. The Hall–Kier alpha value is -0.110. The molecule has 0 unspecified atom stereocenters. The van der Waals surface area contributed by atoms with E-state index in [0.29, 0.717) is 5.92 Å². The molecule has 0 aromatic carbocycles. The number of rotatable bonds is 3. The van der Waals surface area contributed by atoms with E-state index in [2.05, 4.69) is 0 Å². The molecule has 2 aliphatic carbocycles. The summed E-state index contributed by atoms with van der Waals surface area (Å²) >= 11 is 5.34. The highest BCUT2D eigenvalue weighted by Gasteiger charge is 2.22. The summed E-state index contributed by atoms with van der Waals surface area (Å²) in [6.45, 7) is 0.898. The first kappa shape index (κ1) is 10.4. The molecule has 0 saturated heterocycles. The van der Waals surface area contributed by atoms with Crippen LogP contribution < -0.4 is 0 Å². The van der Waals surface area contributed by atoms with E-state index in [9.17, 15) is 0 Å². The van der Waals surface area contributed by atoms with Gasteiger partial charge < -0.3 is 4.74 Å². The molecule has 0 aromatic rings. The van der Waals surface area contributed by atoms with Crippen molar-refractivity contribution in [2.24, 2.45) is 11.8 Å². The van der Waals surface area contributed by atoms with Crippen molar-refractivity contribution < 1.29 is 4.74 Å². The average molecular weight is 212 g/mol. The first-order chi connectivity index (χ1) is 6.86. The highest BCUT2D eigenvalue weighted by Crippen LogP contribution is 2.29. The van der Waals surface area contributed by atoms with Crippen LogP contribution in [0.2, 0.25) is 0 Å². The van der Waals surface area contributed by atoms with Gasteiger partial charge in [-0.2, -0.15) is 0 Å². The van der Waals surface area contributed by atoms with Crippen LogP contribution in [0.15, 0.2) is 0 Å². The molecule has 0 amide bonds. The maximum atomic E-state index is 5.72. The Balaban J connectivity index is 1.65. The minimum absolute atomic E-state index is 0.596. The van der Waals surface area contributed by atoms with E-state index in [0.717, 1.165) is 17.6 Å². The van der Waals surface area contributed by atoms with Crippen molar-refractivity contribution in [3.8, 4) is 0 Å². The van der Waals surface area contributed by atoms with E-state index in [-0.39, 0.29) is 0 Å². The lowest BCUT2D eigenvalue weighted by Crippen LogP contribution is -2.24. The van der Waals surface area contributed by atoms with Crippen molar-refractivity contribution in [1.82, 2.24) is 0 Å². The number of thiocarbonyl (C=S) groups is 1. The van der Waals surface area contributed by atoms with Crippen molar-refractivity contribution in [2.75, 3.05) is 6.61 Å². The molecule has 2 rings (SSSR count). The summed E-state index contributed by atoms with van der Waals surface area (Å²) in [5.74, 6) is 1.41.